The van der Waals surface area contributed by atoms with Gasteiger partial charge < -0.3 is 5.73 Å². The van der Waals surface area contributed by atoms with Crippen molar-refractivity contribution >= 4 is 50.2 Å². The maximum atomic E-state index is 12.2. The third kappa shape index (κ3) is 3.56. The van der Waals surface area contributed by atoms with Crippen molar-refractivity contribution in [3.8, 4) is 0 Å². The van der Waals surface area contributed by atoms with Gasteiger partial charge >= 0.3 is 0 Å². The molecule has 1 heterocycles. The Bertz CT molecular complexity index is 727. The molecule has 1 aromatic carbocycles. The lowest BCUT2D eigenvalue weighted by Crippen LogP contribution is -2.23. The molecule has 0 aliphatic carbocycles. The molecule has 1 aromatic heterocycles. The quantitative estimate of drug-likeness (QED) is 0.816. The first-order valence-corrected chi connectivity index (χ1v) is 8.71. The zero-order valence-electron chi connectivity index (χ0n) is 10.2. The van der Waals surface area contributed by atoms with Gasteiger partial charge in [0.2, 0.25) is 10.0 Å². The minimum Gasteiger partial charge on any atom is -0.389 e. The van der Waals surface area contributed by atoms with Crippen molar-refractivity contribution in [3.63, 3.8) is 0 Å². The van der Waals surface area contributed by atoms with Crippen LogP contribution in [0.1, 0.15) is 11.1 Å². The maximum absolute atomic E-state index is 12.2. The third-order valence-electron chi connectivity index (χ3n) is 2.55. The first-order chi connectivity index (χ1) is 9.40. The highest BCUT2D eigenvalue weighted by Gasteiger charge is 2.18. The predicted octanol–water partition coefficient (Wildman–Crippen LogP) is 2.51. The normalized spacial score (nSPS) is 11.4. The van der Waals surface area contributed by atoms with Crippen LogP contribution in [0.4, 0.5) is 0 Å². The molecule has 0 spiro atoms. The monoisotopic (exact) mass is 346 g/mol. The largest absolute Gasteiger partial charge is 0.389 e. The number of nitrogens with one attached hydrogen (secondary N) is 1. The first kappa shape index (κ1) is 15.4. The summed E-state index contributed by atoms with van der Waals surface area (Å²) in [6.07, 6.45) is 0. The second-order valence-electron chi connectivity index (χ2n) is 3.97. The molecule has 0 saturated carbocycles. The summed E-state index contributed by atoms with van der Waals surface area (Å²) < 4.78 is 26.8. The molecule has 0 atom stereocenters. The Morgan fingerprint density at radius 1 is 1.40 bits per heavy atom. The van der Waals surface area contributed by atoms with E-state index < -0.39 is 10.0 Å². The van der Waals surface area contributed by atoms with Gasteiger partial charge in [0.1, 0.15) is 9.88 Å². The average Bonchev–Trinajstić information content (AvgIpc) is 2.89. The van der Waals surface area contributed by atoms with Crippen LogP contribution in [0.15, 0.2) is 39.9 Å². The number of thiocarbonyl (C=S) groups is 1. The maximum Gasteiger partial charge on any atom is 0.242 e. The van der Waals surface area contributed by atoms with E-state index in [0.717, 1.165) is 5.56 Å². The van der Waals surface area contributed by atoms with Crippen molar-refractivity contribution in [2.24, 2.45) is 5.73 Å². The van der Waals surface area contributed by atoms with Crippen molar-refractivity contribution < 1.29 is 8.42 Å². The molecule has 20 heavy (non-hydrogen) atoms. The van der Waals surface area contributed by atoms with Gasteiger partial charge in [0.25, 0.3) is 0 Å². The highest BCUT2D eigenvalue weighted by atomic mass is 35.5. The number of rotatable bonds is 5. The van der Waals surface area contributed by atoms with Gasteiger partial charge in [-0.2, -0.15) is 11.3 Å². The SMILES string of the molecule is NC(=S)c1ccc(S(=O)(=O)NCc2ccsc2)c(Cl)c1. The number of benzene rings is 1. The Morgan fingerprint density at radius 2 is 2.15 bits per heavy atom. The molecule has 0 saturated heterocycles. The fraction of sp³-hybridized carbons (Fsp3) is 0.0833. The minimum atomic E-state index is -3.67. The van der Waals surface area contributed by atoms with Gasteiger partial charge in [-0.15, -0.1) is 0 Å². The molecule has 2 aromatic rings. The van der Waals surface area contributed by atoms with Gasteiger partial charge in [-0.1, -0.05) is 29.9 Å². The van der Waals surface area contributed by atoms with Crippen LogP contribution in [0.25, 0.3) is 0 Å². The number of hydrogen-bond donors (Lipinski definition) is 2. The Hall–Kier alpha value is -0.990. The molecular weight excluding hydrogens is 336 g/mol. The summed E-state index contributed by atoms with van der Waals surface area (Å²) in [5.74, 6) is 0. The van der Waals surface area contributed by atoms with E-state index in [0.29, 0.717) is 5.56 Å². The van der Waals surface area contributed by atoms with Crippen molar-refractivity contribution in [1.82, 2.24) is 4.72 Å². The van der Waals surface area contributed by atoms with Crippen LogP contribution < -0.4 is 10.5 Å². The summed E-state index contributed by atoms with van der Waals surface area (Å²) in [7, 11) is -3.67. The molecule has 8 heteroatoms. The highest BCUT2D eigenvalue weighted by Crippen LogP contribution is 2.23. The molecule has 0 radical (unpaired) electrons. The van der Waals surface area contributed by atoms with E-state index in [1.54, 1.807) is 0 Å². The predicted molar refractivity (Wildman–Crippen MR) is 85.7 cm³/mol. The molecule has 2 rings (SSSR count). The molecule has 0 bridgehead atoms. The fourth-order valence-corrected chi connectivity index (χ4v) is 3.88. The van der Waals surface area contributed by atoms with Gasteiger partial charge in [0, 0.05) is 12.1 Å². The van der Waals surface area contributed by atoms with Crippen LogP contribution in [0.3, 0.4) is 0 Å². The van der Waals surface area contributed by atoms with Gasteiger partial charge in [-0.05, 0) is 34.5 Å². The number of halogens is 1. The Labute approximate surface area is 131 Å². The van der Waals surface area contributed by atoms with Crippen LogP contribution in [0, 0.1) is 0 Å². The zero-order chi connectivity index (χ0) is 14.8. The smallest absolute Gasteiger partial charge is 0.242 e. The van der Waals surface area contributed by atoms with E-state index in [1.807, 2.05) is 16.8 Å². The van der Waals surface area contributed by atoms with Crippen LogP contribution in [-0.2, 0) is 16.6 Å². The first-order valence-electron chi connectivity index (χ1n) is 5.50. The van der Waals surface area contributed by atoms with Gasteiger partial charge in [0.15, 0.2) is 0 Å². The Balaban J connectivity index is 2.23. The molecule has 0 amide bonds. The van der Waals surface area contributed by atoms with Crippen molar-refractivity contribution in [1.29, 1.82) is 0 Å². The highest BCUT2D eigenvalue weighted by molar-refractivity contribution is 7.89. The Morgan fingerprint density at radius 3 is 2.70 bits per heavy atom. The van der Waals surface area contributed by atoms with Gasteiger partial charge in [-0.25, -0.2) is 13.1 Å². The lowest BCUT2D eigenvalue weighted by Gasteiger charge is -2.09. The molecular formula is C12H11ClN2O2S3. The van der Waals surface area contributed by atoms with Gasteiger partial charge in [0.05, 0.1) is 5.02 Å². The topological polar surface area (TPSA) is 72.2 Å². The molecule has 0 fully saturated rings. The summed E-state index contributed by atoms with van der Waals surface area (Å²) >= 11 is 12.3. The molecule has 3 N–H and O–H groups in total. The summed E-state index contributed by atoms with van der Waals surface area (Å²) in [6, 6.07) is 6.23. The summed E-state index contributed by atoms with van der Waals surface area (Å²) in [5, 5.41) is 3.85. The zero-order valence-corrected chi connectivity index (χ0v) is 13.4. The number of nitrogens with two attached hydrogens (primary N) is 1. The van der Waals surface area contributed by atoms with E-state index in [4.69, 9.17) is 29.6 Å². The van der Waals surface area contributed by atoms with Crippen LogP contribution in [-0.4, -0.2) is 13.4 Å². The van der Waals surface area contributed by atoms with E-state index in [9.17, 15) is 8.42 Å². The van der Waals surface area contributed by atoms with E-state index >= 15 is 0 Å². The molecule has 0 aliphatic heterocycles. The van der Waals surface area contributed by atoms with Crippen LogP contribution in [0.5, 0.6) is 0 Å². The lowest BCUT2D eigenvalue weighted by atomic mass is 10.2. The molecule has 106 valence electrons. The minimum absolute atomic E-state index is 0.00870. The van der Waals surface area contributed by atoms with Crippen molar-refractivity contribution in [2.75, 3.05) is 0 Å². The Kier molecular flexibility index (Phi) is 4.77. The number of hydrogen-bond acceptors (Lipinski definition) is 4. The van der Waals surface area contributed by atoms with Crippen LogP contribution >= 0.6 is 35.2 Å². The number of sulfonamides is 1. The fourth-order valence-electron chi connectivity index (χ4n) is 1.52. The second-order valence-corrected chi connectivity index (χ2v) is 7.33. The second kappa shape index (κ2) is 6.19. The summed E-state index contributed by atoms with van der Waals surface area (Å²) in [4.78, 5) is 0.177. The van der Waals surface area contributed by atoms with E-state index in [1.165, 1.54) is 29.5 Å². The van der Waals surface area contributed by atoms with Crippen molar-refractivity contribution in [2.45, 2.75) is 11.4 Å². The average molecular weight is 347 g/mol. The summed E-state index contributed by atoms with van der Waals surface area (Å²) in [5.41, 5.74) is 6.90. The van der Waals surface area contributed by atoms with Crippen molar-refractivity contribution in [3.05, 3.63) is 51.2 Å². The summed E-state index contributed by atoms with van der Waals surface area (Å²) in [6.45, 7) is 0.221. The number of thiophene rings is 1. The molecule has 0 unspecified atom stereocenters. The van der Waals surface area contributed by atoms with E-state index in [2.05, 4.69) is 4.72 Å². The lowest BCUT2D eigenvalue weighted by molar-refractivity contribution is 0.581. The third-order valence-corrected chi connectivity index (χ3v) is 5.40. The van der Waals surface area contributed by atoms with E-state index in [-0.39, 0.29) is 21.5 Å². The van der Waals surface area contributed by atoms with Crippen LogP contribution in [0.2, 0.25) is 5.02 Å². The molecule has 0 aliphatic rings. The van der Waals surface area contributed by atoms with Gasteiger partial charge in [-0.3, -0.25) is 0 Å². The molecule has 4 nitrogen and oxygen atoms in total. The standard InChI is InChI=1S/C12H11ClN2O2S3/c13-10-5-9(12(14)18)1-2-11(10)20(16,17)15-6-8-3-4-19-7-8/h1-5,7,15H,6H2,(H2,14,18).